The highest BCUT2D eigenvalue weighted by Crippen LogP contribution is 2.35. The number of halogens is 3. The highest BCUT2D eigenvalue weighted by atomic mass is 19.4. The Morgan fingerprint density at radius 2 is 1.84 bits per heavy atom. The number of hydrogen-bond acceptors (Lipinski definition) is 7. The first-order chi connectivity index (χ1) is 20.3. The number of nitrogens with one attached hydrogen (secondary N) is 1. The second-order valence-electron chi connectivity index (χ2n) is 10.5. The van der Waals surface area contributed by atoms with Gasteiger partial charge in [-0.3, -0.25) is 4.79 Å². The number of aromatic nitrogens is 3. The summed E-state index contributed by atoms with van der Waals surface area (Å²) in [5.41, 5.74) is 5.09. The number of nitrogens with zero attached hydrogens (tertiary/aromatic N) is 3. The van der Waals surface area contributed by atoms with Gasteiger partial charge in [-0.25, -0.2) is 14.5 Å². The van der Waals surface area contributed by atoms with Crippen LogP contribution >= 0.6 is 0 Å². The van der Waals surface area contributed by atoms with Gasteiger partial charge in [-0.2, -0.15) is 18.3 Å². The normalized spacial score (nSPS) is 13.3. The van der Waals surface area contributed by atoms with Crippen molar-refractivity contribution in [2.45, 2.75) is 64.0 Å². The number of carbonyl (C=O) groups is 2. The fraction of sp³-hybridized carbons (Fsp3) is 0.467. The first-order valence-electron chi connectivity index (χ1n) is 13.9. The van der Waals surface area contributed by atoms with Gasteiger partial charge in [-0.1, -0.05) is 32.0 Å². The van der Waals surface area contributed by atoms with E-state index >= 15 is 0 Å². The third kappa shape index (κ3) is 9.62. The number of anilines is 1. The Hall–Kier alpha value is -4.29. The van der Waals surface area contributed by atoms with Gasteiger partial charge in [-0.05, 0) is 54.0 Å². The number of carboxylic acid groups (broad SMARTS) is 2. The summed E-state index contributed by atoms with van der Waals surface area (Å²) < 4.78 is 45.1. The molecule has 4 rings (SSSR count). The fourth-order valence-corrected chi connectivity index (χ4v) is 4.70. The van der Waals surface area contributed by atoms with E-state index in [2.05, 4.69) is 42.5 Å². The molecule has 3 heterocycles. The SMILES string of the molecule is COc1ccc(C(C)C)cc1C(CC(=O)O)Cc1cc(OCCc2ccc3c(n2)NCCC3)n(C)n1.O=C(O)C(F)(F)F. The molecule has 3 N–H and O–H groups in total. The number of methoxy groups -OCH3 is 1. The summed E-state index contributed by atoms with van der Waals surface area (Å²) >= 11 is 0. The molecule has 1 aromatic carbocycles. The maximum absolute atomic E-state index is 11.7. The molecule has 0 spiro atoms. The van der Waals surface area contributed by atoms with Crippen molar-refractivity contribution in [1.82, 2.24) is 14.8 Å². The minimum absolute atomic E-state index is 0.0112. The molecule has 0 aliphatic carbocycles. The van der Waals surface area contributed by atoms with Gasteiger partial charge < -0.3 is 25.0 Å². The lowest BCUT2D eigenvalue weighted by Gasteiger charge is -2.19. The van der Waals surface area contributed by atoms with Gasteiger partial charge in [0.1, 0.15) is 11.6 Å². The summed E-state index contributed by atoms with van der Waals surface area (Å²) in [5.74, 6) is -1.21. The summed E-state index contributed by atoms with van der Waals surface area (Å²) in [5, 5.41) is 24.7. The standard InChI is InChI=1S/C28H36N4O4.C2HF3O2/c1-18(2)20-8-10-25(35-4)24(15-20)21(16-27(33)34)14-23-17-26(32(3)31-23)36-13-11-22-9-7-19-6-5-12-29-28(19)30-22;3-2(4,5)1(6)7/h7-10,15,17-18,21H,5-6,11-14,16H2,1-4H3,(H,29,30)(H,33,34);(H,6,7). The van der Waals surface area contributed by atoms with Crippen LogP contribution in [-0.2, 0) is 35.9 Å². The molecular weight excluding hydrogens is 569 g/mol. The van der Waals surface area contributed by atoms with E-state index in [9.17, 15) is 23.1 Å². The maximum Gasteiger partial charge on any atom is 0.490 e. The van der Waals surface area contributed by atoms with E-state index < -0.39 is 18.1 Å². The first kappa shape index (κ1) is 33.2. The Bertz CT molecular complexity index is 1410. The van der Waals surface area contributed by atoms with Gasteiger partial charge in [0, 0.05) is 37.7 Å². The first-order valence-corrected chi connectivity index (χ1v) is 13.9. The highest BCUT2D eigenvalue weighted by Gasteiger charge is 2.38. The van der Waals surface area contributed by atoms with Crippen LogP contribution in [0.25, 0.3) is 0 Å². The Kier molecular flexibility index (Phi) is 11.4. The second-order valence-corrected chi connectivity index (χ2v) is 10.5. The fourth-order valence-electron chi connectivity index (χ4n) is 4.70. The van der Waals surface area contributed by atoms with Crippen molar-refractivity contribution < 1.29 is 42.4 Å². The number of aliphatic carboxylic acids is 2. The number of rotatable bonds is 11. The molecule has 1 atom stereocenters. The molecule has 0 radical (unpaired) electrons. The Morgan fingerprint density at radius 3 is 2.47 bits per heavy atom. The number of pyridine rings is 1. The molecule has 234 valence electrons. The molecule has 0 fully saturated rings. The zero-order valence-electron chi connectivity index (χ0n) is 24.6. The quantitative estimate of drug-likeness (QED) is 0.264. The molecule has 0 saturated heterocycles. The lowest BCUT2D eigenvalue weighted by atomic mass is 9.87. The molecule has 0 amide bonds. The van der Waals surface area contributed by atoms with Crippen LogP contribution in [0.1, 0.15) is 66.6 Å². The summed E-state index contributed by atoms with van der Waals surface area (Å²) in [6.45, 7) is 5.69. The predicted octanol–water partition coefficient (Wildman–Crippen LogP) is 5.36. The van der Waals surface area contributed by atoms with Crippen LogP contribution in [-0.4, -0.2) is 63.4 Å². The molecule has 0 saturated carbocycles. The lowest BCUT2D eigenvalue weighted by molar-refractivity contribution is -0.192. The van der Waals surface area contributed by atoms with Crippen molar-refractivity contribution in [2.75, 3.05) is 25.6 Å². The molecule has 43 heavy (non-hydrogen) atoms. The third-order valence-corrected chi connectivity index (χ3v) is 6.93. The predicted molar refractivity (Wildman–Crippen MR) is 153 cm³/mol. The molecular formula is C30H37F3N4O6. The second kappa shape index (κ2) is 14.7. The molecule has 1 aliphatic heterocycles. The minimum Gasteiger partial charge on any atom is -0.496 e. The smallest absolute Gasteiger partial charge is 0.490 e. The van der Waals surface area contributed by atoms with E-state index in [1.165, 1.54) is 5.56 Å². The molecule has 0 bridgehead atoms. The number of carboxylic acids is 2. The van der Waals surface area contributed by atoms with Gasteiger partial charge in [0.05, 0.1) is 25.8 Å². The molecule has 1 aliphatic rings. The van der Waals surface area contributed by atoms with Crippen LogP contribution in [0.15, 0.2) is 36.4 Å². The summed E-state index contributed by atoms with van der Waals surface area (Å²) in [6.07, 6.45) is -1.72. The zero-order chi connectivity index (χ0) is 31.7. The largest absolute Gasteiger partial charge is 0.496 e. The van der Waals surface area contributed by atoms with Crippen molar-refractivity contribution in [3.05, 3.63) is 64.5 Å². The van der Waals surface area contributed by atoms with Crippen LogP contribution in [0.2, 0.25) is 0 Å². The van der Waals surface area contributed by atoms with Crippen molar-refractivity contribution in [1.29, 1.82) is 0 Å². The average molecular weight is 607 g/mol. The van der Waals surface area contributed by atoms with Crippen LogP contribution in [0.5, 0.6) is 11.6 Å². The lowest BCUT2D eigenvalue weighted by Crippen LogP contribution is -2.21. The Morgan fingerprint density at radius 1 is 1.12 bits per heavy atom. The summed E-state index contributed by atoms with van der Waals surface area (Å²) in [7, 11) is 3.46. The highest BCUT2D eigenvalue weighted by molar-refractivity contribution is 5.73. The Balaban J connectivity index is 0.000000646. The van der Waals surface area contributed by atoms with E-state index in [-0.39, 0.29) is 12.3 Å². The van der Waals surface area contributed by atoms with Crippen molar-refractivity contribution in [3.63, 3.8) is 0 Å². The maximum atomic E-state index is 11.7. The number of hydrogen-bond donors (Lipinski definition) is 3. The van der Waals surface area contributed by atoms with Crippen LogP contribution in [0, 0.1) is 0 Å². The number of aryl methyl sites for hydroxylation is 2. The number of alkyl halides is 3. The topological polar surface area (TPSA) is 136 Å². The van der Waals surface area contributed by atoms with E-state index in [0.717, 1.165) is 47.7 Å². The number of ether oxygens (including phenoxy) is 2. The monoisotopic (exact) mass is 606 g/mol. The summed E-state index contributed by atoms with van der Waals surface area (Å²) in [4.78, 5) is 25.4. The molecule has 3 aromatic rings. The minimum atomic E-state index is -5.08. The Labute approximate surface area is 247 Å². The molecule has 13 heteroatoms. The van der Waals surface area contributed by atoms with Gasteiger partial charge in [0.15, 0.2) is 0 Å². The van der Waals surface area contributed by atoms with Gasteiger partial charge >= 0.3 is 18.1 Å². The number of fused-ring (bicyclic) bond motifs is 1. The average Bonchev–Trinajstić information content (AvgIpc) is 3.30. The number of benzene rings is 1. The molecule has 1 unspecified atom stereocenters. The van der Waals surface area contributed by atoms with Crippen LogP contribution < -0.4 is 14.8 Å². The van der Waals surface area contributed by atoms with Gasteiger partial charge in [0.2, 0.25) is 5.88 Å². The summed E-state index contributed by atoms with van der Waals surface area (Å²) in [6, 6.07) is 12.1. The van der Waals surface area contributed by atoms with Crippen molar-refractivity contribution in [3.8, 4) is 11.6 Å². The third-order valence-electron chi connectivity index (χ3n) is 6.93. The zero-order valence-corrected chi connectivity index (χ0v) is 24.6. The van der Waals surface area contributed by atoms with Gasteiger partial charge in [0.25, 0.3) is 0 Å². The van der Waals surface area contributed by atoms with Crippen molar-refractivity contribution in [2.24, 2.45) is 7.05 Å². The van der Waals surface area contributed by atoms with Crippen LogP contribution in [0.4, 0.5) is 19.0 Å². The van der Waals surface area contributed by atoms with E-state index in [1.807, 2.05) is 25.2 Å². The molecule has 10 nitrogen and oxygen atoms in total. The molecule has 2 aromatic heterocycles. The van der Waals surface area contributed by atoms with E-state index in [4.69, 9.17) is 24.4 Å². The van der Waals surface area contributed by atoms with Crippen LogP contribution in [0.3, 0.4) is 0 Å². The van der Waals surface area contributed by atoms with Gasteiger partial charge in [-0.15, -0.1) is 0 Å². The van der Waals surface area contributed by atoms with E-state index in [1.54, 1.807) is 11.8 Å². The van der Waals surface area contributed by atoms with Crippen molar-refractivity contribution >= 4 is 17.8 Å². The van der Waals surface area contributed by atoms with E-state index in [0.29, 0.717) is 37.0 Å².